The average molecular weight is 352 g/mol. The van der Waals surface area contributed by atoms with E-state index in [1.54, 1.807) is 0 Å². The van der Waals surface area contributed by atoms with Gasteiger partial charge >= 0.3 is 14.5 Å². The molecule has 2 nitrogen and oxygen atoms in total. The molecular weight excluding hydrogens is 340 g/mol. The van der Waals surface area contributed by atoms with Crippen LogP contribution in [0.4, 0.5) is 38.9 Å². The molecule has 0 amide bonds. The van der Waals surface area contributed by atoms with Crippen molar-refractivity contribution in [2.45, 2.75) is 37.0 Å². The van der Waals surface area contributed by atoms with Gasteiger partial charge in [0.05, 0.1) is 0 Å². The minimum absolute atomic E-state index is 0.0323. The van der Waals surface area contributed by atoms with Crippen LogP contribution in [-0.2, 0) is 0 Å². The van der Waals surface area contributed by atoms with Gasteiger partial charge < -0.3 is 34.5 Å². The van der Waals surface area contributed by atoms with Crippen LogP contribution < -0.4 is 10.9 Å². The Labute approximate surface area is 120 Å². The van der Waals surface area contributed by atoms with Crippen molar-refractivity contribution in [1.82, 2.24) is 10.9 Å². The van der Waals surface area contributed by atoms with Gasteiger partial charge in [0, 0.05) is 11.4 Å². The van der Waals surface area contributed by atoms with Crippen LogP contribution in [-0.4, -0.2) is 31.7 Å². The van der Waals surface area contributed by atoms with E-state index in [1.807, 2.05) is 0 Å². The first-order chi connectivity index (χ1) is 9.18. The first kappa shape index (κ1) is 20.7. The lowest BCUT2D eigenvalue weighted by atomic mass is 9.78. The van der Waals surface area contributed by atoms with E-state index < -0.39 is 20.3 Å². The fourth-order valence-electron chi connectivity index (χ4n) is 1.79. The topological polar surface area (TPSA) is 24.1 Å². The molecule has 2 saturated heterocycles. The third-order valence-electron chi connectivity index (χ3n) is 2.81. The Morgan fingerprint density at radius 1 is 0.762 bits per heavy atom. The summed E-state index contributed by atoms with van der Waals surface area (Å²) in [6.07, 6.45) is 2.87. The normalized spacial score (nSPS) is 31.7. The molecule has 2 bridgehead atoms. The molecule has 21 heavy (non-hydrogen) atoms. The molecule has 1 saturated carbocycles. The van der Waals surface area contributed by atoms with Crippen molar-refractivity contribution in [2.75, 3.05) is 5.88 Å². The fraction of sp³-hybridized carbons (Fsp3) is 1.00. The van der Waals surface area contributed by atoms with Gasteiger partial charge in [-0.1, -0.05) is 0 Å². The van der Waals surface area contributed by atoms with Gasteiger partial charge in [0.25, 0.3) is 0 Å². The van der Waals surface area contributed by atoms with Crippen LogP contribution in [0.3, 0.4) is 0 Å². The number of halogens is 10. The third kappa shape index (κ3) is 11.0. The van der Waals surface area contributed by atoms with E-state index in [2.05, 4.69) is 10.9 Å². The predicted molar refractivity (Wildman–Crippen MR) is 62.4 cm³/mol. The third-order valence-corrected chi connectivity index (χ3v) is 3.32. The molecule has 2 aliphatic heterocycles. The van der Waals surface area contributed by atoms with Gasteiger partial charge in [-0.3, -0.25) is 0 Å². The number of hydrogen-bond donors (Lipinski definition) is 2. The highest BCUT2D eigenvalue weighted by Crippen LogP contribution is 2.39. The Balaban J connectivity index is 0.000000340. The summed E-state index contributed by atoms with van der Waals surface area (Å²) >= 11 is 5.78. The Bertz CT molecular complexity index is 276. The average Bonchev–Trinajstić information content (AvgIpc) is 2.26. The van der Waals surface area contributed by atoms with Crippen LogP contribution in [0, 0.1) is 0 Å². The number of nitrogens with one attached hydrogen (secondary N) is 2. The molecule has 14 heteroatoms. The molecule has 3 aliphatic rings. The fourth-order valence-corrected chi connectivity index (χ4v) is 2.12. The maximum Gasteiger partial charge on any atom is 0.673 e. The Morgan fingerprint density at radius 2 is 1.10 bits per heavy atom. The first-order valence-corrected chi connectivity index (χ1v) is 6.25. The first-order valence-electron chi connectivity index (χ1n) is 5.72. The number of hydrazine groups is 1. The van der Waals surface area contributed by atoms with E-state index in [0.717, 1.165) is 12.8 Å². The van der Waals surface area contributed by atoms with Crippen molar-refractivity contribution >= 4 is 26.1 Å². The monoisotopic (exact) mass is 352 g/mol. The van der Waals surface area contributed by atoms with Crippen LogP contribution in [0.5, 0.6) is 0 Å². The molecule has 3 fully saturated rings. The van der Waals surface area contributed by atoms with E-state index in [0.29, 0.717) is 18.7 Å². The zero-order chi connectivity index (χ0) is 16.9. The zero-order valence-electron chi connectivity index (χ0n) is 10.5. The van der Waals surface area contributed by atoms with Crippen LogP contribution in [0.1, 0.15) is 25.7 Å². The van der Waals surface area contributed by atoms with E-state index in [4.69, 9.17) is 11.6 Å². The van der Waals surface area contributed by atoms with Crippen molar-refractivity contribution < 1.29 is 38.9 Å². The summed E-state index contributed by atoms with van der Waals surface area (Å²) < 4.78 is 91.4. The maximum atomic E-state index is 13.4. The lowest BCUT2D eigenvalue weighted by molar-refractivity contribution is -0.0459. The molecule has 2 N–H and O–H groups in total. The standard InChI is InChI=1S/C7H12ClFN2.2BF4/c8-5-6-1-3-7(9,4-2-6)11-10-6;2*2-1(3,4)5/h10-11H,1-5H2;;/q;2*-1. The van der Waals surface area contributed by atoms with Gasteiger partial charge in [0.15, 0.2) is 5.79 Å². The summed E-state index contributed by atoms with van der Waals surface area (Å²) in [5.41, 5.74) is 5.62. The molecule has 0 aromatic carbocycles. The highest BCUT2D eigenvalue weighted by molar-refractivity contribution is 6.50. The molecule has 128 valence electrons. The Morgan fingerprint density at radius 3 is 1.29 bits per heavy atom. The van der Waals surface area contributed by atoms with E-state index in [1.165, 1.54) is 0 Å². The second-order valence-corrected chi connectivity index (χ2v) is 4.89. The SMILES string of the molecule is FC12CCC(CCl)(CC1)NN2.F[B-](F)(F)F.F[B-](F)(F)F. The van der Waals surface area contributed by atoms with E-state index in [9.17, 15) is 38.9 Å². The van der Waals surface area contributed by atoms with Crippen LogP contribution in [0.2, 0.25) is 0 Å². The van der Waals surface area contributed by atoms with E-state index in [-0.39, 0.29) is 5.54 Å². The molecule has 0 unspecified atom stereocenters. The summed E-state index contributed by atoms with van der Waals surface area (Å²) in [4.78, 5) is 0. The molecule has 1 aliphatic carbocycles. The number of rotatable bonds is 1. The number of alkyl halides is 2. The summed E-state index contributed by atoms with van der Waals surface area (Å²) in [5, 5.41) is 0. The van der Waals surface area contributed by atoms with Gasteiger partial charge in [-0.05, 0) is 25.7 Å². The molecule has 2 heterocycles. The quantitative estimate of drug-likeness (QED) is 0.324. The second kappa shape index (κ2) is 7.32. The number of hydrogen-bond acceptors (Lipinski definition) is 2. The van der Waals surface area contributed by atoms with Gasteiger partial charge in [-0.15, -0.1) is 11.6 Å². The molecule has 0 aromatic rings. The molecule has 0 aromatic heterocycles. The molecular formula is C7H12B2ClF9N2-2. The van der Waals surface area contributed by atoms with Gasteiger partial charge in [-0.2, -0.15) is 0 Å². The van der Waals surface area contributed by atoms with Gasteiger partial charge in [-0.25, -0.2) is 15.2 Å². The zero-order valence-corrected chi connectivity index (χ0v) is 11.2. The lowest BCUT2D eigenvalue weighted by Gasteiger charge is -2.49. The highest BCUT2D eigenvalue weighted by atomic mass is 35.5. The summed E-state index contributed by atoms with van der Waals surface area (Å²) in [6.45, 7) is 0. The summed E-state index contributed by atoms with van der Waals surface area (Å²) in [7, 11) is -12.0. The van der Waals surface area contributed by atoms with Crippen molar-refractivity contribution in [3.05, 3.63) is 0 Å². The largest absolute Gasteiger partial charge is 0.673 e. The minimum atomic E-state index is -6.00. The van der Waals surface area contributed by atoms with Gasteiger partial charge in [0.1, 0.15) is 0 Å². The maximum absolute atomic E-state index is 13.4. The highest BCUT2D eigenvalue weighted by Gasteiger charge is 2.48. The van der Waals surface area contributed by atoms with Crippen LogP contribution in [0.15, 0.2) is 0 Å². The Hall–Kier alpha value is -0.290. The smallest absolute Gasteiger partial charge is 0.418 e. The summed E-state index contributed by atoms with van der Waals surface area (Å²) in [6, 6.07) is 0. The van der Waals surface area contributed by atoms with Crippen LogP contribution in [0.25, 0.3) is 0 Å². The molecule has 0 atom stereocenters. The summed E-state index contributed by atoms with van der Waals surface area (Å²) in [5.74, 6) is -0.593. The predicted octanol–water partition coefficient (Wildman–Crippen LogP) is 3.91. The van der Waals surface area contributed by atoms with Crippen molar-refractivity contribution in [3.63, 3.8) is 0 Å². The molecule has 3 rings (SSSR count). The van der Waals surface area contributed by atoms with Crippen molar-refractivity contribution in [1.29, 1.82) is 0 Å². The second-order valence-electron chi connectivity index (χ2n) is 4.62. The lowest BCUT2D eigenvalue weighted by Crippen LogP contribution is -2.70. The minimum Gasteiger partial charge on any atom is -0.418 e. The van der Waals surface area contributed by atoms with Crippen molar-refractivity contribution in [2.24, 2.45) is 0 Å². The van der Waals surface area contributed by atoms with Crippen molar-refractivity contribution in [3.8, 4) is 0 Å². The van der Waals surface area contributed by atoms with Gasteiger partial charge in [0.2, 0.25) is 0 Å². The number of fused-ring (bicyclic) bond motifs is 3. The Kier molecular flexibility index (Phi) is 7.21. The molecule has 0 spiro atoms. The van der Waals surface area contributed by atoms with Crippen LogP contribution >= 0.6 is 11.6 Å². The van der Waals surface area contributed by atoms with E-state index >= 15 is 0 Å². The molecule has 0 radical (unpaired) electrons.